The zero-order chi connectivity index (χ0) is 24.9. The molecule has 5 rings (SSSR count). The molecular weight excluding hydrogens is 473 g/mol. The largest absolute Gasteiger partial charge is 0.503 e. The normalized spacial score (nSPS) is 20.1. The van der Waals surface area contributed by atoms with E-state index in [1.54, 1.807) is 0 Å². The summed E-state index contributed by atoms with van der Waals surface area (Å²) in [5.74, 6) is -4.44. The summed E-state index contributed by atoms with van der Waals surface area (Å²) in [5.41, 5.74) is -2.43. The van der Waals surface area contributed by atoms with Gasteiger partial charge in [0.15, 0.2) is 23.0 Å². The van der Waals surface area contributed by atoms with Crippen molar-refractivity contribution < 1.29 is 31.8 Å². The lowest BCUT2D eigenvalue weighted by Gasteiger charge is -2.41. The average molecular weight is 497 g/mol. The number of phenolic OH excluding ortho intramolecular Hbond substituents is 1. The summed E-state index contributed by atoms with van der Waals surface area (Å²) in [6.45, 7) is 1.66. The Balaban J connectivity index is 1.57. The highest BCUT2D eigenvalue weighted by Crippen LogP contribution is 2.41. The Bertz CT molecular complexity index is 1260. The van der Waals surface area contributed by atoms with E-state index in [1.807, 2.05) is 0 Å². The van der Waals surface area contributed by atoms with E-state index in [9.17, 15) is 27.1 Å². The van der Waals surface area contributed by atoms with Gasteiger partial charge in [-0.05, 0) is 24.8 Å². The number of alkyl halides is 3. The maximum Gasteiger partial charge on any atom is 0.419 e. The van der Waals surface area contributed by atoms with Crippen LogP contribution in [0.4, 0.5) is 27.9 Å². The highest BCUT2D eigenvalue weighted by Gasteiger charge is 2.38. The number of morpholine rings is 1. The summed E-state index contributed by atoms with van der Waals surface area (Å²) >= 11 is 0. The molecule has 3 heterocycles. The number of aromatic hydroxyl groups is 1. The van der Waals surface area contributed by atoms with Gasteiger partial charge < -0.3 is 14.7 Å². The molecular formula is C23H24F5N5O2. The minimum absolute atomic E-state index is 0.107. The van der Waals surface area contributed by atoms with Crippen molar-refractivity contribution in [1.82, 2.24) is 19.7 Å². The third kappa shape index (κ3) is 4.17. The van der Waals surface area contributed by atoms with E-state index in [-0.39, 0.29) is 22.8 Å². The fraction of sp³-hybridized carbons (Fsp3) is 0.522. The number of hydrogen-bond acceptors (Lipinski definition) is 6. The molecule has 35 heavy (non-hydrogen) atoms. The van der Waals surface area contributed by atoms with Crippen LogP contribution >= 0.6 is 0 Å². The van der Waals surface area contributed by atoms with Gasteiger partial charge in [-0.25, -0.2) is 18.4 Å². The minimum Gasteiger partial charge on any atom is -0.503 e. The molecule has 0 radical (unpaired) electrons. The summed E-state index contributed by atoms with van der Waals surface area (Å²) in [5, 5.41) is 14.0. The Morgan fingerprint density at radius 1 is 1.11 bits per heavy atom. The standard InChI is InChI=1S/C23H24F5N5O2/c1-32-21-14(19(31-32)13-9-15(23(26,27)28)18(25)20(34)17(13)24)10-29-22(30-21)33-7-8-35-11-16(33)12-5-3-2-4-6-12/h9-10,12,16,34H,2-8,11H2,1H3. The van der Waals surface area contributed by atoms with Crippen LogP contribution in [0.1, 0.15) is 37.7 Å². The Hall–Kier alpha value is -3.02. The molecule has 1 aliphatic heterocycles. The van der Waals surface area contributed by atoms with Gasteiger partial charge in [0.1, 0.15) is 5.69 Å². The van der Waals surface area contributed by atoms with Gasteiger partial charge in [0.25, 0.3) is 0 Å². The minimum atomic E-state index is -5.14. The number of ether oxygens (including phenoxy) is 1. The summed E-state index contributed by atoms with van der Waals surface area (Å²) in [6.07, 6.45) is 1.97. The van der Waals surface area contributed by atoms with E-state index in [1.165, 1.54) is 24.3 Å². The molecule has 12 heteroatoms. The summed E-state index contributed by atoms with van der Waals surface area (Å²) in [6, 6.07) is 0.413. The second-order valence-electron chi connectivity index (χ2n) is 9.06. The van der Waals surface area contributed by atoms with Gasteiger partial charge in [-0.2, -0.15) is 23.3 Å². The quantitative estimate of drug-likeness (QED) is 0.523. The molecule has 1 aromatic carbocycles. The van der Waals surface area contributed by atoms with Crippen molar-refractivity contribution in [3.8, 4) is 17.0 Å². The van der Waals surface area contributed by atoms with Gasteiger partial charge in [0, 0.05) is 25.4 Å². The second-order valence-corrected chi connectivity index (χ2v) is 9.06. The van der Waals surface area contributed by atoms with E-state index in [0.717, 1.165) is 25.7 Å². The molecule has 2 fully saturated rings. The van der Waals surface area contributed by atoms with Crippen LogP contribution in [-0.4, -0.2) is 50.7 Å². The first-order chi connectivity index (χ1) is 16.7. The SMILES string of the molecule is Cn1nc(-c2cc(C(F)(F)F)c(F)c(O)c2F)c2cnc(N3CCOCC3C3CCCCC3)nc21. The molecule has 1 saturated carbocycles. The molecule has 7 nitrogen and oxygen atoms in total. The van der Waals surface area contributed by atoms with Gasteiger partial charge in [0.05, 0.1) is 30.2 Å². The van der Waals surface area contributed by atoms with E-state index in [2.05, 4.69) is 20.0 Å². The zero-order valence-corrected chi connectivity index (χ0v) is 18.9. The van der Waals surface area contributed by atoms with Crippen LogP contribution < -0.4 is 4.90 Å². The molecule has 3 aromatic rings. The number of halogens is 5. The first-order valence-electron chi connectivity index (χ1n) is 11.5. The molecule has 188 valence electrons. The topological polar surface area (TPSA) is 76.3 Å². The van der Waals surface area contributed by atoms with Crippen LogP contribution in [0.5, 0.6) is 5.75 Å². The number of aromatic nitrogens is 4. The number of nitrogens with zero attached hydrogens (tertiary/aromatic N) is 5. The van der Waals surface area contributed by atoms with Gasteiger partial charge in [0.2, 0.25) is 5.95 Å². The van der Waals surface area contributed by atoms with Crippen LogP contribution in [0.3, 0.4) is 0 Å². The average Bonchev–Trinajstić information content (AvgIpc) is 3.18. The third-order valence-corrected chi connectivity index (χ3v) is 6.92. The Labute approximate surface area is 197 Å². The highest BCUT2D eigenvalue weighted by atomic mass is 19.4. The molecule has 1 aliphatic carbocycles. The third-order valence-electron chi connectivity index (χ3n) is 6.92. The van der Waals surface area contributed by atoms with Crippen LogP contribution in [0.2, 0.25) is 0 Å². The van der Waals surface area contributed by atoms with Crippen molar-refractivity contribution in [3.05, 3.63) is 29.5 Å². The molecule has 0 bridgehead atoms. The molecule has 1 unspecified atom stereocenters. The maximum absolute atomic E-state index is 14.7. The van der Waals surface area contributed by atoms with Crippen molar-refractivity contribution in [3.63, 3.8) is 0 Å². The van der Waals surface area contributed by atoms with Gasteiger partial charge in [-0.3, -0.25) is 0 Å². The van der Waals surface area contributed by atoms with Gasteiger partial charge in [-0.15, -0.1) is 0 Å². The molecule has 1 atom stereocenters. The number of rotatable bonds is 3. The predicted octanol–water partition coefficient (Wildman–Crippen LogP) is 4.82. The molecule has 1 N–H and O–H groups in total. The van der Waals surface area contributed by atoms with E-state index in [4.69, 9.17) is 4.74 Å². The maximum atomic E-state index is 14.7. The van der Waals surface area contributed by atoms with Crippen molar-refractivity contribution in [2.45, 2.75) is 44.3 Å². The van der Waals surface area contributed by atoms with E-state index >= 15 is 0 Å². The van der Waals surface area contributed by atoms with Crippen LogP contribution in [-0.2, 0) is 18.0 Å². The highest BCUT2D eigenvalue weighted by molar-refractivity contribution is 5.91. The van der Waals surface area contributed by atoms with Crippen molar-refractivity contribution in [2.75, 3.05) is 24.7 Å². The van der Waals surface area contributed by atoms with Gasteiger partial charge in [-0.1, -0.05) is 19.3 Å². The monoisotopic (exact) mass is 497 g/mol. The van der Waals surface area contributed by atoms with Crippen molar-refractivity contribution >= 4 is 17.0 Å². The summed E-state index contributed by atoms with van der Waals surface area (Å²) in [4.78, 5) is 11.1. The first-order valence-corrected chi connectivity index (χ1v) is 11.5. The lowest BCUT2D eigenvalue weighted by molar-refractivity contribution is -0.140. The Morgan fingerprint density at radius 2 is 1.86 bits per heavy atom. The first kappa shape index (κ1) is 23.7. The number of benzene rings is 1. The Morgan fingerprint density at radius 3 is 2.57 bits per heavy atom. The molecule has 1 saturated heterocycles. The number of fused-ring (bicyclic) bond motifs is 1. The van der Waals surface area contributed by atoms with Gasteiger partial charge >= 0.3 is 6.18 Å². The zero-order valence-electron chi connectivity index (χ0n) is 18.9. The summed E-state index contributed by atoms with van der Waals surface area (Å²) in [7, 11) is 1.52. The molecule has 2 aliphatic rings. The molecule has 2 aromatic heterocycles. The van der Waals surface area contributed by atoms with Crippen LogP contribution in [0.15, 0.2) is 12.3 Å². The lowest BCUT2D eigenvalue weighted by Crippen LogP contribution is -2.50. The summed E-state index contributed by atoms with van der Waals surface area (Å²) < 4.78 is 75.5. The predicted molar refractivity (Wildman–Crippen MR) is 117 cm³/mol. The number of phenols is 1. The fourth-order valence-corrected chi connectivity index (χ4v) is 5.15. The fourth-order valence-electron chi connectivity index (χ4n) is 5.15. The smallest absolute Gasteiger partial charge is 0.419 e. The van der Waals surface area contributed by atoms with E-state index < -0.39 is 34.7 Å². The second kappa shape index (κ2) is 8.89. The number of aryl methyl sites for hydroxylation is 1. The number of hydrogen-bond donors (Lipinski definition) is 1. The van der Waals surface area contributed by atoms with E-state index in [0.29, 0.717) is 37.7 Å². The number of anilines is 1. The lowest BCUT2D eigenvalue weighted by atomic mass is 9.83. The van der Waals surface area contributed by atoms with Crippen molar-refractivity contribution in [2.24, 2.45) is 13.0 Å². The molecule has 0 spiro atoms. The van der Waals surface area contributed by atoms with Crippen molar-refractivity contribution in [1.29, 1.82) is 0 Å². The van der Waals surface area contributed by atoms with Crippen LogP contribution in [0, 0.1) is 17.6 Å². The van der Waals surface area contributed by atoms with Crippen LogP contribution in [0.25, 0.3) is 22.3 Å². The molecule has 0 amide bonds. The Kier molecular flexibility index (Phi) is 6.02.